The summed E-state index contributed by atoms with van der Waals surface area (Å²) in [5.74, 6) is 1.41. The molecule has 18 heavy (non-hydrogen) atoms. The first-order valence-corrected chi connectivity index (χ1v) is 6.62. The van der Waals surface area contributed by atoms with Crippen LogP contribution in [0.15, 0.2) is 24.3 Å². The highest BCUT2D eigenvalue weighted by Crippen LogP contribution is 2.35. The Bertz CT molecular complexity index is 434. The summed E-state index contributed by atoms with van der Waals surface area (Å²) in [5, 5.41) is 14.2. The van der Waals surface area contributed by atoms with Crippen molar-refractivity contribution in [3.05, 3.63) is 34.4 Å². The number of nitro benzene ring substituents is 1. The molecule has 2 rings (SSSR count). The van der Waals surface area contributed by atoms with E-state index in [9.17, 15) is 10.1 Å². The van der Waals surface area contributed by atoms with Crippen molar-refractivity contribution in [3.63, 3.8) is 0 Å². The van der Waals surface area contributed by atoms with E-state index in [2.05, 4.69) is 19.2 Å². The van der Waals surface area contributed by atoms with Crippen LogP contribution in [0.2, 0.25) is 0 Å². The van der Waals surface area contributed by atoms with Crippen molar-refractivity contribution in [2.75, 3.05) is 5.32 Å². The van der Waals surface area contributed by atoms with Gasteiger partial charge in [0, 0.05) is 23.9 Å². The lowest BCUT2D eigenvalue weighted by Gasteiger charge is -2.21. The second kappa shape index (κ2) is 5.38. The molecule has 1 aromatic carbocycles. The van der Waals surface area contributed by atoms with E-state index in [4.69, 9.17) is 0 Å². The average molecular weight is 248 g/mol. The van der Waals surface area contributed by atoms with Crippen LogP contribution < -0.4 is 5.32 Å². The van der Waals surface area contributed by atoms with E-state index in [1.54, 1.807) is 12.1 Å². The first kappa shape index (κ1) is 12.9. The third-order valence-corrected chi connectivity index (χ3v) is 4.16. The van der Waals surface area contributed by atoms with Gasteiger partial charge < -0.3 is 5.32 Å². The second-order valence-corrected chi connectivity index (χ2v) is 5.16. The Morgan fingerprint density at radius 2 is 2.22 bits per heavy atom. The van der Waals surface area contributed by atoms with Crippen LogP contribution >= 0.6 is 0 Å². The molecule has 0 bridgehead atoms. The lowest BCUT2D eigenvalue weighted by molar-refractivity contribution is -0.384. The summed E-state index contributed by atoms with van der Waals surface area (Å²) in [5.41, 5.74) is 1.01. The van der Waals surface area contributed by atoms with Gasteiger partial charge in [0.25, 0.3) is 5.69 Å². The van der Waals surface area contributed by atoms with Crippen molar-refractivity contribution in [1.82, 2.24) is 0 Å². The number of nitrogens with zero attached hydrogens (tertiary/aromatic N) is 1. The molecule has 0 aliphatic heterocycles. The summed E-state index contributed by atoms with van der Waals surface area (Å²) in [6, 6.07) is 7.22. The van der Waals surface area contributed by atoms with Crippen LogP contribution in [0.5, 0.6) is 0 Å². The van der Waals surface area contributed by atoms with Gasteiger partial charge in [0.2, 0.25) is 0 Å². The molecule has 1 saturated carbocycles. The number of hydrogen-bond donors (Lipinski definition) is 1. The van der Waals surface area contributed by atoms with Crippen molar-refractivity contribution in [2.45, 2.75) is 39.2 Å². The number of non-ortho nitro benzene ring substituents is 1. The van der Waals surface area contributed by atoms with E-state index in [0.29, 0.717) is 12.0 Å². The highest BCUT2D eigenvalue weighted by molar-refractivity contribution is 5.51. The van der Waals surface area contributed by atoms with Gasteiger partial charge in [0.15, 0.2) is 0 Å². The molecule has 98 valence electrons. The highest BCUT2D eigenvalue weighted by Gasteiger charge is 2.31. The number of nitro groups is 1. The van der Waals surface area contributed by atoms with Gasteiger partial charge in [-0.25, -0.2) is 0 Å². The molecule has 0 aromatic heterocycles. The Hall–Kier alpha value is -1.58. The smallest absolute Gasteiger partial charge is 0.271 e. The van der Waals surface area contributed by atoms with Crippen LogP contribution in [0.1, 0.15) is 33.1 Å². The third kappa shape index (κ3) is 2.63. The van der Waals surface area contributed by atoms with Crippen LogP contribution in [0.4, 0.5) is 11.4 Å². The van der Waals surface area contributed by atoms with Crippen LogP contribution in [-0.2, 0) is 0 Å². The molecule has 0 spiro atoms. The summed E-state index contributed by atoms with van der Waals surface area (Å²) in [6.07, 6.45) is 3.63. The maximum Gasteiger partial charge on any atom is 0.271 e. The molecule has 0 saturated heterocycles. The maximum atomic E-state index is 10.7. The standard InChI is InChI=1S/C14H20N2O2/c1-3-11-7-8-14(10(11)2)15-12-5-4-6-13(9-12)16(17)18/h4-6,9-11,14-15H,3,7-8H2,1-2H3. The van der Waals surface area contributed by atoms with E-state index in [-0.39, 0.29) is 10.6 Å². The summed E-state index contributed by atoms with van der Waals surface area (Å²) >= 11 is 0. The zero-order valence-corrected chi connectivity index (χ0v) is 10.9. The Balaban J connectivity index is 2.06. The van der Waals surface area contributed by atoms with Crippen molar-refractivity contribution in [3.8, 4) is 0 Å². The topological polar surface area (TPSA) is 55.2 Å². The minimum absolute atomic E-state index is 0.151. The van der Waals surface area contributed by atoms with E-state index in [0.717, 1.165) is 18.0 Å². The molecule has 3 atom stereocenters. The molecule has 0 amide bonds. The first-order valence-electron chi connectivity index (χ1n) is 6.62. The third-order valence-electron chi connectivity index (χ3n) is 4.16. The monoisotopic (exact) mass is 248 g/mol. The summed E-state index contributed by atoms with van der Waals surface area (Å²) in [6.45, 7) is 4.51. The van der Waals surface area contributed by atoms with Gasteiger partial charge in [-0.1, -0.05) is 26.3 Å². The minimum Gasteiger partial charge on any atom is -0.382 e. The fourth-order valence-corrected chi connectivity index (χ4v) is 2.95. The molecule has 1 fully saturated rings. The van der Waals surface area contributed by atoms with E-state index in [1.165, 1.54) is 18.9 Å². The Morgan fingerprint density at radius 3 is 2.83 bits per heavy atom. The summed E-state index contributed by atoms with van der Waals surface area (Å²) in [7, 11) is 0. The first-order chi connectivity index (χ1) is 8.61. The van der Waals surface area contributed by atoms with Gasteiger partial charge >= 0.3 is 0 Å². The second-order valence-electron chi connectivity index (χ2n) is 5.16. The highest BCUT2D eigenvalue weighted by atomic mass is 16.6. The summed E-state index contributed by atoms with van der Waals surface area (Å²) < 4.78 is 0. The number of anilines is 1. The van der Waals surface area contributed by atoms with Crippen molar-refractivity contribution < 1.29 is 4.92 Å². The maximum absolute atomic E-state index is 10.7. The lowest BCUT2D eigenvalue weighted by Crippen LogP contribution is -2.24. The molecular weight excluding hydrogens is 228 g/mol. The SMILES string of the molecule is CCC1CCC(Nc2cccc([N+](=O)[O-])c2)C1C. The molecule has 1 aliphatic carbocycles. The van der Waals surface area contributed by atoms with Gasteiger partial charge in [-0.15, -0.1) is 0 Å². The van der Waals surface area contributed by atoms with Gasteiger partial charge in [0.05, 0.1) is 4.92 Å². The Kier molecular flexibility index (Phi) is 3.84. The quantitative estimate of drug-likeness (QED) is 0.650. The molecule has 3 unspecified atom stereocenters. The number of nitrogens with one attached hydrogen (secondary N) is 1. The van der Waals surface area contributed by atoms with Gasteiger partial charge in [-0.3, -0.25) is 10.1 Å². The predicted molar refractivity (Wildman–Crippen MR) is 72.7 cm³/mol. The number of rotatable bonds is 4. The van der Waals surface area contributed by atoms with E-state index in [1.807, 2.05) is 6.07 Å². The molecule has 1 aromatic rings. The molecule has 4 nitrogen and oxygen atoms in total. The average Bonchev–Trinajstić information content (AvgIpc) is 2.71. The van der Waals surface area contributed by atoms with Crippen molar-refractivity contribution in [2.24, 2.45) is 11.8 Å². The minimum atomic E-state index is -0.349. The van der Waals surface area contributed by atoms with Crippen LogP contribution in [0, 0.1) is 22.0 Å². The zero-order valence-electron chi connectivity index (χ0n) is 10.9. The largest absolute Gasteiger partial charge is 0.382 e. The van der Waals surface area contributed by atoms with Crippen molar-refractivity contribution >= 4 is 11.4 Å². The fraction of sp³-hybridized carbons (Fsp3) is 0.571. The Labute approximate surface area is 108 Å². The zero-order chi connectivity index (χ0) is 13.1. The predicted octanol–water partition coefficient (Wildman–Crippen LogP) is 3.83. The van der Waals surface area contributed by atoms with Crippen molar-refractivity contribution in [1.29, 1.82) is 0 Å². The molecule has 0 radical (unpaired) electrons. The lowest BCUT2D eigenvalue weighted by atomic mass is 9.93. The number of hydrogen-bond acceptors (Lipinski definition) is 3. The summed E-state index contributed by atoms with van der Waals surface area (Å²) in [4.78, 5) is 10.4. The van der Waals surface area contributed by atoms with Crippen LogP contribution in [-0.4, -0.2) is 11.0 Å². The van der Waals surface area contributed by atoms with Crippen LogP contribution in [0.3, 0.4) is 0 Å². The van der Waals surface area contributed by atoms with Gasteiger partial charge in [-0.05, 0) is 30.7 Å². The van der Waals surface area contributed by atoms with Crippen LogP contribution in [0.25, 0.3) is 0 Å². The fourth-order valence-electron chi connectivity index (χ4n) is 2.95. The van der Waals surface area contributed by atoms with E-state index < -0.39 is 0 Å². The van der Waals surface area contributed by atoms with E-state index >= 15 is 0 Å². The molecule has 4 heteroatoms. The van der Waals surface area contributed by atoms with Gasteiger partial charge in [0.1, 0.15) is 0 Å². The van der Waals surface area contributed by atoms with Gasteiger partial charge in [-0.2, -0.15) is 0 Å². The molecule has 0 heterocycles. The number of benzene rings is 1. The Morgan fingerprint density at radius 1 is 1.44 bits per heavy atom. The molecular formula is C14H20N2O2. The molecule has 1 N–H and O–H groups in total. The normalized spacial score (nSPS) is 27.1. The molecule has 1 aliphatic rings.